The van der Waals surface area contributed by atoms with E-state index in [2.05, 4.69) is 0 Å². The number of benzene rings is 1. The average molecular weight is 329 g/mol. The number of carbonyl (C=O) groups excluding carboxylic acids is 2. The molecule has 1 amide bonds. The molecule has 1 aromatic carbocycles. The van der Waals surface area contributed by atoms with Crippen LogP contribution in [0.15, 0.2) is 18.2 Å². The summed E-state index contributed by atoms with van der Waals surface area (Å²) >= 11 is 0. The van der Waals surface area contributed by atoms with Gasteiger partial charge in [-0.2, -0.15) is 13.2 Å². The summed E-state index contributed by atoms with van der Waals surface area (Å²) in [6, 6.07) is 2.63. The zero-order chi connectivity index (χ0) is 17.4. The Kier molecular flexibility index (Phi) is 4.41. The zero-order valence-corrected chi connectivity index (χ0v) is 13.1. The fourth-order valence-electron chi connectivity index (χ4n) is 2.43. The molecule has 0 unspecified atom stereocenters. The molecule has 1 atom stereocenters. The number of rotatable bonds is 1. The number of alkyl halides is 3. The Morgan fingerprint density at radius 1 is 1.26 bits per heavy atom. The second-order valence-electron chi connectivity index (χ2n) is 6.50. The highest BCUT2D eigenvalue weighted by molar-refractivity contribution is 5.75. The molecule has 1 heterocycles. The van der Waals surface area contributed by atoms with Crippen LogP contribution in [-0.4, -0.2) is 28.9 Å². The molecule has 0 saturated heterocycles. The molecule has 0 saturated carbocycles. The van der Waals surface area contributed by atoms with Crippen LogP contribution < -0.4 is 0 Å². The number of hydrogen-bond donors (Lipinski definition) is 0. The van der Waals surface area contributed by atoms with E-state index in [4.69, 9.17) is 4.74 Å². The molecule has 0 bridgehead atoms. The molecule has 23 heavy (non-hydrogen) atoms. The van der Waals surface area contributed by atoms with Gasteiger partial charge in [0.2, 0.25) is 0 Å². The first-order valence-corrected chi connectivity index (χ1v) is 7.15. The van der Waals surface area contributed by atoms with Crippen molar-refractivity contribution in [1.29, 1.82) is 0 Å². The molecule has 0 N–H and O–H groups in total. The lowest BCUT2D eigenvalue weighted by Crippen LogP contribution is -2.47. The predicted octanol–water partition coefficient (Wildman–Crippen LogP) is 3.57. The van der Waals surface area contributed by atoms with Gasteiger partial charge in [0.1, 0.15) is 11.9 Å². The molecule has 126 valence electrons. The van der Waals surface area contributed by atoms with Gasteiger partial charge >= 0.3 is 12.3 Å². The van der Waals surface area contributed by atoms with E-state index in [0.717, 1.165) is 12.1 Å². The summed E-state index contributed by atoms with van der Waals surface area (Å²) in [6.07, 6.45) is -4.37. The third-order valence-corrected chi connectivity index (χ3v) is 3.49. The van der Waals surface area contributed by atoms with E-state index < -0.39 is 29.5 Å². The van der Waals surface area contributed by atoms with Gasteiger partial charge in [-0.15, -0.1) is 0 Å². The minimum Gasteiger partial charge on any atom is -0.444 e. The molecule has 0 aromatic heterocycles. The van der Waals surface area contributed by atoms with Crippen LogP contribution in [0.4, 0.5) is 18.0 Å². The van der Waals surface area contributed by atoms with Crippen molar-refractivity contribution in [2.45, 2.75) is 51.6 Å². The van der Waals surface area contributed by atoms with E-state index in [1.54, 1.807) is 20.8 Å². The monoisotopic (exact) mass is 329 g/mol. The van der Waals surface area contributed by atoms with Gasteiger partial charge in [0, 0.05) is 6.42 Å². The number of hydrogen-bond acceptors (Lipinski definition) is 3. The summed E-state index contributed by atoms with van der Waals surface area (Å²) < 4.78 is 43.7. The van der Waals surface area contributed by atoms with E-state index in [9.17, 15) is 22.8 Å². The Labute approximate surface area is 132 Å². The van der Waals surface area contributed by atoms with Crippen molar-refractivity contribution in [3.8, 4) is 0 Å². The first-order valence-electron chi connectivity index (χ1n) is 7.15. The third kappa shape index (κ3) is 4.03. The van der Waals surface area contributed by atoms with Gasteiger partial charge in [0.05, 0.1) is 18.2 Å². The van der Waals surface area contributed by atoms with Crippen LogP contribution in [0, 0.1) is 0 Å². The first-order chi connectivity index (χ1) is 10.5. The Morgan fingerprint density at radius 3 is 2.43 bits per heavy atom. The van der Waals surface area contributed by atoms with Crippen molar-refractivity contribution in [3.63, 3.8) is 0 Å². The molecule has 2 rings (SSSR count). The molecule has 1 aliphatic rings. The molecule has 7 heteroatoms. The molecule has 0 radical (unpaired) electrons. The van der Waals surface area contributed by atoms with E-state index in [-0.39, 0.29) is 13.0 Å². The van der Waals surface area contributed by atoms with Gasteiger partial charge in [-0.3, -0.25) is 4.90 Å². The SMILES string of the molecule is CC(C)(C)OC(=O)N1Cc2cc(C(F)(F)F)ccc2C[C@H]1C=O. The topological polar surface area (TPSA) is 46.6 Å². The van der Waals surface area contributed by atoms with Crippen LogP contribution in [0.1, 0.15) is 37.5 Å². The zero-order valence-electron chi connectivity index (χ0n) is 13.1. The second-order valence-corrected chi connectivity index (χ2v) is 6.50. The average Bonchev–Trinajstić information content (AvgIpc) is 2.42. The fraction of sp³-hybridized carbons (Fsp3) is 0.500. The summed E-state index contributed by atoms with van der Waals surface area (Å²) in [5.74, 6) is 0. The summed E-state index contributed by atoms with van der Waals surface area (Å²) in [5, 5.41) is 0. The summed E-state index contributed by atoms with van der Waals surface area (Å²) in [6.45, 7) is 4.96. The van der Waals surface area contributed by atoms with Crippen LogP contribution in [0.3, 0.4) is 0 Å². The number of halogens is 3. The first kappa shape index (κ1) is 17.3. The van der Waals surface area contributed by atoms with Crippen LogP contribution in [0.5, 0.6) is 0 Å². The Balaban J connectivity index is 2.31. The van der Waals surface area contributed by atoms with Crippen molar-refractivity contribution in [3.05, 3.63) is 34.9 Å². The highest BCUT2D eigenvalue weighted by Gasteiger charge is 2.35. The lowest BCUT2D eigenvalue weighted by atomic mass is 9.93. The second kappa shape index (κ2) is 5.86. The lowest BCUT2D eigenvalue weighted by molar-refractivity contribution is -0.137. The van der Waals surface area contributed by atoms with Crippen LogP contribution in [0.25, 0.3) is 0 Å². The van der Waals surface area contributed by atoms with E-state index in [1.165, 1.54) is 11.0 Å². The maximum atomic E-state index is 12.8. The fourth-order valence-corrected chi connectivity index (χ4v) is 2.43. The number of fused-ring (bicyclic) bond motifs is 1. The Bertz CT molecular complexity index is 620. The van der Waals surface area contributed by atoms with Gasteiger partial charge in [0.15, 0.2) is 0 Å². The maximum Gasteiger partial charge on any atom is 0.416 e. The van der Waals surface area contributed by atoms with Crippen molar-refractivity contribution in [2.75, 3.05) is 0 Å². The number of ether oxygens (including phenoxy) is 1. The number of carbonyl (C=O) groups is 2. The van der Waals surface area contributed by atoms with Gasteiger partial charge in [-0.1, -0.05) is 6.07 Å². The highest BCUT2D eigenvalue weighted by atomic mass is 19.4. The molecular formula is C16H18F3NO3. The van der Waals surface area contributed by atoms with Crippen LogP contribution in [-0.2, 0) is 28.7 Å². The molecule has 0 spiro atoms. The number of amides is 1. The van der Waals surface area contributed by atoms with Crippen molar-refractivity contribution >= 4 is 12.4 Å². The molecule has 1 aromatic rings. The molecule has 1 aliphatic heterocycles. The standard InChI is InChI=1S/C16H18F3NO3/c1-15(2,3)23-14(22)20-8-11-6-12(16(17,18)19)5-4-10(11)7-13(20)9-21/h4-6,9,13H,7-8H2,1-3H3/t13-/m0/s1. The minimum absolute atomic E-state index is 0.0857. The van der Waals surface area contributed by atoms with Crippen LogP contribution in [0.2, 0.25) is 0 Å². The molecule has 0 aliphatic carbocycles. The summed E-state index contributed by atoms with van der Waals surface area (Å²) in [5.41, 5.74) is -0.512. The number of aldehydes is 1. The summed E-state index contributed by atoms with van der Waals surface area (Å²) in [4.78, 5) is 24.6. The normalized spacial score (nSPS) is 18.3. The van der Waals surface area contributed by atoms with Gasteiger partial charge in [-0.25, -0.2) is 4.79 Å². The molecular weight excluding hydrogens is 311 g/mol. The lowest BCUT2D eigenvalue weighted by Gasteiger charge is -2.35. The van der Waals surface area contributed by atoms with Gasteiger partial charge in [0.25, 0.3) is 0 Å². The predicted molar refractivity (Wildman–Crippen MR) is 76.8 cm³/mol. The van der Waals surface area contributed by atoms with Crippen LogP contribution >= 0.6 is 0 Å². The minimum atomic E-state index is -4.45. The van der Waals surface area contributed by atoms with Gasteiger partial charge < -0.3 is 9.53 Å². The highest BCUT2D eigenvalue weighted by Crippen LogP contribution is 2.33. The van der Waals surface area contributed by atoms with Gasteiger partial charge in [-0.05, 0) is 44.0 Å². The Morgan fingerprint density at radius 2 is 1.91 bits per heavy atom. The van der Waals surface area contributed by atoms with Crippen molar-refractivity contribution in [1.82, 2.24) is 4.90 Å². The Hall–Kier alpha value is -2.05. The number of nitrogens with zero attached hydrogens (tertiary/aromatic N) is 1. The van der Waals surface area contributed by atoms with E-state index >= 15 is 0 Å². The van der Waals surface area contributed by atoms with E-state index in [0.29, 0.717) is 17.4 Å². The molecule has 4 nitrogen and oxygen atoms in total. The van der Waals surface area contributed by atoms with E-state index in [1.807, 2.05) is 0 Å². The van der Waals surface area contributed by atoms with Crippen molar-refractivity contribution in [2.24, 2.45) is 0 Å². The smallest absolute Gasteiger partial charge is 0.416 e. The summed E-state index contributed by atoms with van der Waals surface area (Å²) in [7, 11) is 0. The maximum absolute atomic E-state index is 12.8. The third-order valence-electron chi connectivity index (χ3n) is 3.49. The largest absolute Gasteiger partial charge is 0.444 e. The van der Waals surface area contributed by atoms with Crippen molar-refractivity contribution < 1.29 is 27.5 Å². The molecule has 0 fully saturated rings. The quantitative estimate of drug-likeness (QED) is 0.740.